The molecule has 0 aliphatic carbocycles. The molecule has 2 aromatic heterocycles. The lowest BCUT2D eigenvalue weighted by Crippen LogP contribution is -2.42. The van der Waals surface area contributed by atoms with Gasteiger partial charge in [0.2, 0.25) is 5.91 Å². The van der Waals surface area contributed by atoms with E-state index >= 15 is 0 Å². The van der Waals surface area contributed by atoms with Gasteiger partial charge >= 0.3 is 11.1 Å². The monoisotopic (exact) mass is 367 g/mol. The Morgan fingerprint density at radius 3 is 2.41 bits per heavy atom. The van der Waals surface area contributed by atoms with Crippen LogP contribution in [0, 0.1) is 6.92 Å². The Morgan fingerprint density at radius 1 is 1.11 bits per heavy atom. The van der Waals surface area contributed by atoms with Crippen LogP contribution in [-0.4, -0.2) is 15.0 Å². The standard InChI is InChI=1S/C20H21N3O4/c1-3-11-22-16-6-4-5-7-17(16)23(20(26)19(22)25)12-10-18(24)21-13-15-9-8-14(2)27-15/h3-9H,1,10-13H2,2H3,(H,21,24). The molecular weight excluding hydrogens is 346 g/mol. The predicted molar refractivity (Wildman–Crippen MR) is 103 cm³/mol. The Morgan fingerprint density at radius 2 is 1.78 bits per heavy atom. The van der Waals surface area contributed by atoms with Gasteiger partial charge in [-0.25, -0.2) is 0 Å². The zero-order valence-corrected chi connectivity index (χ0v) is 15.1. The van der Waals surface area contributed by atoms with E-state index in [1.54, 1.807) is 36.4 Å². The van der Waals surface area contributed by atoms with Crippen molar-refractivity contribution in [2.75, 3.05) is 0 Å². The molecule has 140 valence electrons. The third-order valence-electron chi connectivity index (χ3n) is 4.27. The normalized spacial score (nSPS) is 10.9. The fourth-order valence-corrected chi connectivity index (χ4v) is 2.97. The van der Waals surface area contributed by atoms with E-state index in [0.717, 1.165) is 5.76 Å². The van der Waals surface area contributed by atoms with Crippen LogP contribution in [0.2, 0.25) is 0 Å². The maximum Gasteiger partial charge on any atom is 0.317 e. The number of fused-ring (bicyclic) bond motifs is 1. The third-order valence-corrected chi connectivity index (χ3v) is 4.27. The Kier molecular flexibility index (Phi) is 5.40. The molecule has 0 aliphatic heterocycles. The van der Waals surface area contributed by atoms with Crippen LogP contribution in [0.15, 0.2) is 63.1 Å². The maximum absolute atomic E-state index is 12.5. The lowest BCUT2D eigenvalue weighted by molar-refractivity contribution is -0.121. The van der Waals surface area contributed by atoms with E-state index in [9.17, 15) is 14.4 Å². The van der Waals surface area contributed by atoms with E-state index in [1.807, 2.05) is 13.0 Å². The number of benzene rings is 1. The number of nitrogens with one attached hydrogen (secondary N) is 1. The Balaban J connectivity index is 1.80. The highest BCUT2D eigenvalue weighted by atomic mass is 16.3. The molecule has 7 heteroatoms. The quantitative estimate of drug-likeness (QED) is 0.511. The van der Waals surface area contributed by atoms with Crippen LogP contribution >= 0.6 is 0 Å². The van der Waals surface area contributed by atoms with Gasteiger partial charge in [-0.2, -0.15) is 0 Å². The molecule has 1 N–H and O–H groups in total. The molecule has 0 saturated carbocycles. The molecule has 3 aromatic rings. The molecule has 27 heavy (non-hydrogen) atoms. The first-order chi connectivity index (χ1) is 13.0. The number of rotatable bonds is 7. The fourth-order valence-electron chi connectivity index (χ4n) is 2.97. The van der Waals surface area contributed by atoms with E-state index in [4.69, 9.17) is 4.42 Å². The number of carbonyl (C=O) groups is 1. The molecule has 3 rings (SSSR count). The maximum atomic E-state index is 12.5. The molecule has 0 atom stereocenters. The minimum absolute atomic E-state index is 0.0779. The molecular formula is C20H21N3O4. The van der Waals surface area contributed by atoms with Gasteiger partial charge in [0, 0.05) is 19.5 Å². The predicted octanol–water partition coefficient (Wildman–Crippen LogP) is 1.96. The van der Waals surface area contributed by atoms with Gasteiger partial charge < -0.3 is 14.3 Å². The molecule has 0 aliphatic rings. The van der Waals surface area contributed by atoms with Crippen molar-refractivity contribution < 1.29 is 9.21 Å². The van der Waals surface area contributed by atoms with Gasteiger partial charge in [-0.05, 0) is 31.2 Å². The second-order valence-electron chi connectivity index (χ2n) is 6.19. The summed E-state index contributed by atoms with van der Waals surface area (Å²) < 4.78 is 8.15. The van der Waals surface area contributed by atoms with Crippen LogP contribution in [-0.2, 0) is 24.4 Å². The number of aromatic nitrogens is 2. The summed E-state index contributed by atoms with van der Waals surface area (Å²) in [5, 5.41) is 2.75. The summed E-state index contributed by atoms with van der Waals surface area (Å²) in [5.74, 6) is 1.21. The van der Waals surface area contributed by atoms with Gasteiger partial charge in [-0.1, -0.05) is 18.2 Å². The van der Waals surface area contributed by atoms with E-state index in [2.05, 4.69) is 11.9 Å². The van der Waals surface area contributed by atoms with Crippen molar-refractivity contribution in [3.05, 3.63) is 81.3 Å². The minimum Gasteiger partial charge on any atom is -0.465 e. The largest absolute Gasteiger partial charge is 0.465 e. The van der Waals surface area contributed by atoms with E-state index in [-0.39, 0.29) is 32.0 Å². The van der Waals surface area contributed by atoms with Gasteiger partial charge in [0.15, 0.2) is 0 Å². The Bertz CT molecular complexity index is 1100. The summed E-state index contributed by atoms with van der Waals surface area (Å²) >= 11 is 0. The lowest BCUT2D eigenvalue weighted by Gasteiger charge is -2.14. The average Bonchev–Trinajstić information content (AvgIpc) is 3.09. The molecule has 2 heterocycles. The first kappa shape index (κ1) is 18.4. The van der Waals surface area contributed by atoms with E-state index < -0.39 is 11.1 Å². The average molecular weight is 367 g/mol. The number of carbonyl (C=O) groups excluding carboxylic acids is 1. The number of allylic oxidation sites excluding steroid dienone is 1. The highest BCUT2D eigenvalue weighted by Crippen LogP contribution is 2.11. The van der Waals surface area contributed by atoms with Gasteiger partial charge in [0.1, 0.15) is 11.5 Å². The first-order valence-corrected chi connectivity index (χ1v) is 8.66. The van der Waals surface area contributed by atoms with Gasteiger partial charge in [-0.3, -0.25) is 19.0 Å². The summed E-state index contributed by atoms with van der Waals surface area (Å²) in [4.78, 5) is 37.1. The number of para-hydroxylation sites is 2. The van der Waals surface area contributed by atoms with Crippen molar-refractivity contribution in [2.24, 2.45) is 0 Å². The summed E-state index contributed by atoms with van der Waals surface area (Å²) in [6.07, 6.45) is 1.65. The molecule has 7 nitrogen and oxygen atoms in total. The van der Waals surface area contributed by atoms with Gasteiger partial charge in [-0.15, -0.1) is 6.58 Å². The summed E-state index contributed by atoms with van der Waals surface area (Å²) in [6, 6.07) is 10.8. The number of nitrogens with zero attached hydrogens (tertiary/aromatic N) is 2. The van der Waals surface area contributed by atoms with Crippen molar-refractivity contribution >= 4 is 16.9 Å². The minimum atomic E-state index is -0.648. The van der Waals surface area contributed by atoms with Crippen LogP contribution in [0.4, 0.5) is 0 Å². The smallest absolute Gasteiger partial charge is 0.317 e. The lowest BCUT2D eigenvalue weighted by atomic mass is 10.2. The molecule has 0 fully saturated rings. The number of hydrogen-bond donors (Lipinski definition) is 1. The van der Waals surface area contributed by atoms with Crippen molar-refractivity contribution in [2.45, 2.75) is 33.0 Å². The van der Waals surface area contributed by atoms with Crippen molar-refractivity contribution in [3.8, 4) is 0 Å². The number of aryl methyl sites for hydroxylation is 2. The first-order valence-electron chi connectivity index (χ1n) is 8.66. The molecule has 0 saturated heterocycles. The highest BCUT2D eigenvalue weighted by Gasteiger charge is 2.13. The van der Waals surface area contributed by atoms with E-state index in [1.165, 1.54) is 9.13 Å². The number of hydrogen-bond acceptors (Lipinski definition) is 4. The Hall–Kier alpha value is -3.35. The summed E-state index contributed by atoms with van der Waals surface area (Å²) in [7, 11) is 0. The van der Waals surface area contributed by atoms with Crippen LogP contribution in [0.25, 0.3) is 11.0 Å². The number of furan rings is 1. The zero-order chi connectivity index (χ0) is 19.4. The summed E-state index contributed by atoms with van der Waals surface area (Å²) in [5.41, 5.74) is -0.0306. The van der Waals surface area contributed by atoms with Gasteiger partial charge in [0.25, 0.3) is 0 Å². The molecule has 1 aromatic carbocycles. The number of amides is 1. The highest BCUT2D eigenvalue weighted by molar-refractivity contribution is 5.77. The topological polar surface area (TPSA) is 86.2 Å². The van der Waals surface area contributed by atoms with Crippen LogP contribution in [0.5, 0.6) is 0 Å². The molecule has 0 unspecified atom stereocenters. The SMILES string of the molecule is C=CCn1c(=O)c(=O)n(CCC(=O)NCc2ccc(C)o2)c2ccccc21. The van der Waals surface area contributed by atoms with Crippen LogP contribution in [0.1, 0.15) is 17.9 Å². The van der Waals surface area contributed by atoms with Crippen LogP contribution in [0.3, 0.4) is 0 Å². The molecule has 0 bridgehead atoms. The third kappa shape index (κ3) is 3.92. The van der Waals surface area contributed by atoms with Crippen LogP contribution < -0.4 is 16.4 Å². The second-order valence-corrected chi connectivity index (χ2v) is 6.19. The zero-order valence-electron chi connectivity index (χ0n) is 15.1. The molecule has 0 radical (unpaired) electrons. The Labute approximate surface area is 155 Å². The molecule has 0 spiro atoms. The fraction of sp³-hybridized carbons (Fsp3) is 0.250. The van der Waals surface area contributed by atoms with Crippen molar-refractivity contribution in [3.63, 3.8) is 0 Å². The summed E-state index contributed by atoms with van der Waals surface area (Å²) in [6.45, 7) is 6.11. The van der Waals surface area contributed by atoms with E-state index in [0.29, 0.717) is 16.8 Å². The second kappa shape index (κ2) is 7.90. The van der Waals surface area contributed by atoms with Crippen molar-refractivity contribution in [1.82, 2.24) is 14.5 Å². The van der Waals surface area contributed by atoms with Crippen molar-refractivity contribution in [1.29, 1.82) is 0 Å². The van der Waals surface area contributed by atoms with Gasteiger partial charge in [0.05, 0.1) is 17.6 Å². The molecule has 1 amide bonds.